The van der Waals surface area contributed by atoms with Crippen molar-refractivity contribution in [1.82, 2.24) is 0 Å². The van der Waals surface area contributed by atoms with Gasteiger partial charge in [0.25, 0.3) is 0 Å². The van der Waals surface area contributed by atoms with Gasteiger partial charge in [-0.1, -0.05) is 72.8 Å². The predicted octanol–water partition coefficient (Wildman–Crippen LogP) is 6.59. The van der Waals surface area contributed by atoms with E-state index in [0.29, 0.717) is 0 Å². The third kappa shape index (κ3) is 3.37. The van der Waals surface area contributed by atoms with E-state index in [-0.39, 0.29) is 11.5 Å². The Kier molecular flexibility index (Phi) is 4.61. The fraction of sp³-hybridized carbons (Fsp3) is 0.0714. The van der Waals surface area contributed by atoms with Crippen molar-refractivity contribution in [3.8, 4) is 11.5 Å². The number of phenolic OH excluding ortho intramolecular Hbond substituents is 2. The molecule has 0 saturated carbocycles. The summed E-state index contributed by atoms with van der Waals surface area (Å²) in [6.45, 7) is 0. The van der Waals surface area contributed by atoms with Gasteiger partial charge in [0, 0.05) is 0 Å². The van der Waals surface area contributed by atoms with Crippen LogP contribution >= 0.6 is 0 Å². The maximum Gasteiger partial charge on any atom is 0.115 e. The van der Waals surface area contributed by atoms with Crippen molar-refractivity contribution in [2.45, 2.75) is 12.8 Å². The van der Waals surface area contributed by atoms with Gasteiger partial charge in [-0.05, 0) is 80.9 Å². The quantitative estimate of drug-likeness (QED) is 0.340. The molecule has 0 radical (unpaired) electrons. The topological polar surface area (TPSA) is 40.5 Å². The Morgan fingerprint density at radius 2 is 0.700 bits per heavy atom. The first-order chi connectivity index (χ1) is 14.7. The molecule has 0 aromatic heterocycles. The number of fused-ring (bicyclic) bond motifs is 2. The van der Waals surface area contributed by atoms with Crippen LogP contribution in [-0.4, -0.2) is 10.2 Å². The van der Waals surface area contributed by atoms with Crippen molar-refractivity contribution in [2.75, 3.05) is 0 Å². The van der Waals surface area contributed by atoms with Gasteiger partial charge in [-0.15, -0.1) is 0 Å². The van der Waals surface area contributed by atoms with Crippen LogP contribution in [-0.2, 0) is 12.8 Å². The molecule has 146 valence electrons. The van der Waals surface area contributed by atoms with E-state index in [9.17, 15) is 10.2 Å². The standard InChI is InChI=1S/C28H22O2/c29-21-13-9-19(10-14-21)17-27-23-5-1-2-6-24(23)28(26-8-4-3-7-25(26)27)18-20-11-15-22(30)16-12-20/h1-16,29-30H,17-18H2. The molecule has 0 bridgehead atoms. The van der Waals surface area contributed by atoms with Gasteiger partial charge in [-0.2, -0.15) is 0 Å². The van der Waals surface area contributed by atoms with Crippen molar-refractivity contribution in [3.05, 3.63) is 119 Å². The van der Waals surface area contributed by atoms with Crippen molar-refractivity contribution in [3.63, 3.8) is 0 Å². The molecule has 0 aliphatic carbocycles. The highest BCUT2D eigenvalue weighted by Gasteiger charge is 2.14. The Morgan fingerprint density at radius 3 is 1.00 bits per heavy atom. The summed E-state index contributed by atoms with van der Waals surface area (Å²) in [4.78, 5) is 0. The summed E-state index contributed by atoms with van der Waals surface area (Å²) >= 11 is 0. The summed E-state index contributed by atoms with van der Waals surface area (Å²) in [6, 6.07) is 32.2. The third-order valence-corrected chi connectivity index (χ3v) is 5.79. The average molecular weight is 390 g/mol. The summed E-state index contributed by atoms with van der Waals surface area (Å²) in [6.07, 6.45) is 1.61. The SMILES string of the molecule is Oc1ccc(Cc2c3ccccc3c(Cc3ccc(O)cc3)c3ccccc23)cc1. The lowest BCUT2D eigenvalue weighted by Gasteiger charge is -2.17. The van der Waals surface area contributed by atoms with Gasteiger partial charge in [0.1, 0.15) is 11.5 Å². The molecule has 5 rings (SSSR count). The fourth-order valence-electron chi connectivity index (χ4n) is 4.33. The van der Waals surface area contributed by atoms with E-state index in [1.54, 1.807) is 24.3 Å². The lowest BCUT2D eigenvalue weighted by Crippen LogP contribution is -1.98. The van der Waals surface area contributed by atoms with Gasteiger partial charge in [0.15, 0.2) is 0 Å². The molecule has 2 N–H and O–H groups in total. The van der Waals surface area contributed by atoms with Crippen LogP contribution in [0.15, 0.2) is 97.1 Å². The first kappa shape index (κ1) is 18.3. The first-order valence-electron chi connectivity index (χ1n) is 10.2. The molecule has 0 aliphatic rings. The van der Waals surface area contributed by atoms with Crippen LogP contribution in [0.3, 0.4) is 0 Å². The van der Waals surface area contributed by atoms with E-state index in [0.717, 1.165) is 12.8 Å². The molecule has 0 fully saturated rings. The highest BCUT2D eigenvalue weighted by molar-refractivity contribution is 6.06. The molecule has 5 aromatic carbocycles. The molecule has 0 spiro atoms. The normalized spacial score (nSPS) is 11.2. The largest absolute Gasteiger partial charge is 0.508 e. The van der Waals surface area contributed by atoms with E-state index in [4.69, 9.17) is 0 Å². The molecule has 2 nitrogen and oxygen atoms in total. The minimum absolute atomic E-state index is 0.290. The summed E-state index contributed by atoms with van der Waals surface area (Å²) < 4.78 is 0. The Balaban J connectivity index is 1.73. The van der Waals surface area contributed by atoms with Gasteiger partial charge >= 0.3 is 0 Å². The first-order valence-corrected chi connectivity index (χ1v) is 10.2. The molecule has 30 heavy (non-hydrogen) atoms. The van der Waals surface area contributed by atoms with Gasteiger partial charge in [0.2, 0.25) is 0 Å². The van der Waals surface area contributed by atoms with Crippen LogP contribution < -0.4 is 0 Å². The second-order valence-corrected chi connectivity index (χ2v) is 7.73. The molecule has 0 heterocycles. The summed E-state index contributed by atoms with van der Waals surface area (Å²) in [5, 5.41) is 24.3. The zero-order chi connectivity index (χ0) is 20.5. The van der Waals surface area contributed by atoms with Crippen LogP contribution in [0.5, 0.6) is 11.5 Å². The minimum Gasteiger partial charge on any atom is -0.508 e. The van der Waals surface area contributed by atoms with E-state index in [1.807, 2.05) is 24.3 Å². The molecule has 5 aromatic rings. The zero-order valence-corrected chi connectivity index (χ0v) is 16.5. The Labute approximate surface area is 175 Å². The molecular weight excluding hydrogens is 368 g/mol. The van der Waals surface area contributed by atoms with Gasteiger partial charge in [0.05, 0.1) is 0 Å². The highest BCUT2D eigenvalue weighted by atomic mass is 16.3. The molecule has 2 heteroatoms. The minimum atomic E-state index is 0.290. The number of hydrogen-bond acceptors (Lipinski definition) is 2. The second-order valence-electron chi connectivity index (χ2n) is 7.73. The van der Waals surface area contributed by atoms with Crippen LogP contribution in [0.2, 0.25) is 0 Å². The molecule has 0 atom stereocenters. The van der Waals surface area contributed by atoms with Crippen LogP contribution in [0, 0.1) is 0 Å². The third-order valence-electron chi connectivity index (χ3n) is 5.79. The molecule has 0 saturated heterocycles. The van der Waals surface area contributed by atoms with Gasteiger partial charge in [-0.3, -0.25) is 0 Å². The van der Waals surface area contributed by atoms with Gasteiger partial charge < -0.3 is 10.2 Å². The van der Waals surface area contributed by atoms with E-state index < -0.39 is 0 Å². The predicted molar refractivity (Wildman–Crippen MR) is 123 cm³/mol. The maximum absolute atomic E-state index is 9.64. The van der Waals surface area contributed by atoms with E-state index in [2.05, 4.69) is 48.5 Å². The number of hydrogen-bond donors (Lipinski definition) is 2. The lowest BCUT2D eigenvalue weighted by molar-refractivity contribution is 0.474. The molecular formula is C28H22O2. The lowest BCUT2D eigenvalue weighted by atomic mass is 9.87. The molecule has 0 aliphatic heterocycles. The smallest absolute Gasteiger partial charge is 0.115 e. The average Bonchev–Trinajstić information content (AvgIpc) is 2.78. The maximum atomic E-state index is 9.64. The Morgan fingerprint density at radius 1 is 0.400 bits per heavy atom. The molecule has 0 amide bonds. The van der Waals surface area contributed by atoms with Crippen molar-refractivity contribution in [1.29, 1.82) is 0 Å². The van der Waals surface area contributed by atoms with Crippen LogP contribution in [0.1, 0.15) is 22.3 Å². The fourth-order valence-corrected chi connectivity index (χ4v) is 4.33. The zero-order valence-electron chi connectivity index (χ0n) is 16.5. The number of benzene rings is 5. The van der Waals surface area contributed by atoms with Crippen molar-refractivity contribution < 1.29 is 10.2 Å². The van der Waals surface area contributed by atoms with Crippen molar-refractivity contribution in [2.24, 2.45) is 0 Å². The van der Waals surface area contributed by atoms with E-state index >= 15 is 0 Å². The van der Waals surface area contributed by atoms with Gasteiger partial charge in [-0.25, -0.2) is 0 Å². The summed E-state index contributed by atoms with van der Waals surface area (Å²) in [7, 11) is 0. The van der Waals surface area contributed by atoms with Crippen LogP contribution in [0.4, 0.5) is 0 Å². The second kappa shape index (κ2) is 7.57. The van der Waals surface area contributed by atoms with Crippen LogP contribution in [0.25, 0.3) is 21.5 Å². The Hall–Kier alpha value is -3.78. The Bertz CT molecular complexity index is 1170. The van der Waals surface area contributed by atoms with E-state index in [1.165, 1.54) is 43.8 Å². The number of phenols is 2. The van der Waals surface area contributed by atoms with Crippen molar-refractivity contribution >= 4 is 21.5 Å². The monoisotopic (exact) mass is 390 g/mol. The summed E-state index contributed by atoms with van der Waals surface area (Å²) in [5.74, 6) is 0.579. The summed E-state index contributed by atoms with van der Waals surface area (Å²) in [5.41, 5.74) is 4.96. The molecule has 0 unspecified atom stereocenters. The number of rotatable bonds is 4. The highest BCUT2D eigenvalue weighted by Crippen LogP contribution is 2.35. The number of aromatic hydroxyl groups is 2.